The number of nitrogens with zero attached hydrogens (tertiary/aromatic N) is 2. The molecule has 2 amide bonds. The quantitative estimate of drug-likeness (QED) is 0.111. The van der Waals surface area contributed by atoms with Crippen LogP contribution >= 0.6 is 23.2 Å². The van der Waals surface area contributed by atoms with E-state index >= 15 is 0 Å². The van der Waals surface area contributed by atoms with Gasteiger partial charge < -0.3 is 24.5 Å². The summed E-state index contributed by atoms with van der Waals surface area (Å²) in [6.45, 7) is 0.404. The molecule has 220 valence electrons. The highest BCUT2D eigenvalue weighted by Crippen LogP contribution is 2.39. The van der Waals surface area contributed by atoms with Crippen LogP contribution in [-0.2, 0) is 32.2 Å². The standard InChI is InChI=1S/C29H34Cl2N4O6/c30-27-28(31)35(18-32-27)16-23-15-24(20-9-7-19(17-36)8-10-20)41-29(40-23)21-11-13-22(14-12-21)33-25(37)5-3-1-2-4-6-26(38)34-39/h7-14,18,23-24,29,36,39H,1-6,15-17H2,(H,33,37)(H,34,38). The molecule has 2 aromatic carbocycles. The maximum atomic E-state index is 12.4. The number of hydrogen-bond acceptors (Lipinski definition) is 7. The van der Waals surface area contributed by atoms with E-state index in [2.05, 4.69) is 10.3 Å². The second-order valence-corrected chi connectivity index (χ2v) is 10.7. The lowest BCUT2D eigenvalue weighted by atomic mass is 10.00. The molecule has 3 atom stereocenters. The van der Waals surface area contributed by atoms with Gasteiger partial charge in [0.15, 0.2) is 11.4 Å². The minimum atomic E-state index is -0.660. The van der Waals surface area contributed by atoms with E-state index < -0.39 is 12.2 Å². The van der Waals surface area contributed by atoms with Crippen molar-refractivity contribution in [3.63, 3.8) is 0 Å². The van der Waals surface area contributed by atoms with Crippen LogP contribution in [0.2, 0.25) is 10.3 Å². The molecule has 4 rings (SSSR count). The number of unbranched alkanes of at least 4 members (excludes halogenated alkanes) is 3. The van der Waals surface area contributed by atoms with Crippen LogP contribution in [0.1, 0.15) is 74.0 Å². The van der Waals surface area contributed by atoms with E-state index in [-0.39, 0.29) is 36.3 Å². The Balaban J connectivity index is 1.36. The van der Waals surface area contributed by atoms with Crippen LogP contribution in [-0.4, -0.2) is 37.8 Å². The summed E-state index contributed by atoms with van der Waals surface area (Å²) in [6, 6.07) is 15.0. The third-order valence-corrected chi connectivity index (χ3v) is 7.67. The zero-order valence-electron chi connectivity index (χ0n) is 22.5. The number of imidazole rings is 1. The summed E-state index contributed by atoms with van der Waals surface area (Å²) in [4.78, 5) is 27.5. The number of rotatable bonds is 13. The molecule has 0 saturated carbocycles. The van der Waals surface area contributed by atoms with Gasteiger partial charge in [0, 0.05) is 30.5 Å². The second kappa shape index (κ2) is 15.3. The fourth-order valence-corrected chi connectivity index (χ4v) is 4.96. The second-order valence-electron chi connectivity index (χ2n) is 9.95. The van der Waals surface area contributed by atoms with Crippen LogP contribution < -0.4 is 10.8 Å². The minimum Gasteiger partial charge on any atom is -0.392 e. The predicted octanol–water partition coefficient (Wildman–Crippen LogP) is 5.71. The Hall–Kier alpha value is -2.99. The van der Waals surface area contributed by atoms with Crippen molar-refractivity contribution >= 4 is 40.7 Å². The Bertz CT molecular complexity index is 1290. The Morgan fingerprint density at radius 2 is 1.59 bits per heavy atom. The Labute approximate surface area is 248 Å². The number of halogens is 2. The third kappa shape index (κ3) is 9.00. The lowest BCUT2D eigenvalue weighted by molar-refractivity contribution is -0.252. The van der Waals surface area contributed by atoms with Crippen LogP contribution in [0.4, 0.5) is 5.69 Å². The summed E-state index contributed by atoms with van der Waals surface area (Å²) in [6.07, 6.45) is 4.63. The number of aliphatic hydroxyl groups excluding tert-OH is 1. The van der Waals surface area contributed by atoms with Crippen molar-refractivity contribution in [1.82, 2.24) is 15.0 Å². The summed E-state index contributed by atoms with van der Waals surface area (Å²) in [7, 11) is 0. The monoisotopic (exact) mass is 604 g/mol. The van der Waals surface area contributed by atoms with E-state index in [9.17, 15) is 14.7 Å². The van der Waals surface area contributed by atoms with Gasteiger partial charge in [0.2, 0.25) is 11.8 Å². The molecule has 2 heterocycles. The predicted molar refractivity (Wildman–Crippen MR) is 153 cm³/mol. The third-order valence-electron chi connectivity index (χ3n) is 6.90. The lowest BCUT2D eigenvalue weighted by Gasteiger charge is -2.36. The van der Waals surface area contributed by atoms with E-state index in [0.717, 1.165) is 29.5 Å². The molecule has 0 aliphatic carbocycles. The average molecular weight is 606 g/mol. The zero-order chi connectivity index (χ0) is 29.2. The molecule has 0 radical (unpaired) electrons. The maximum Gasteiger partial charge on any atom is 0.243 e. The van der Waals surface area contributed by atoms with Gasteiger partial charge in [0.05, 0.1) is 31.7 Å². The first-order chi connectivity index (χ1) is 19.9. The number of carbonyl (C=O) groups excluding carboxylic acids is 2. The molecule has 0 bridgehead atoms. The van der Waals surface area contributed by atoms with Gasteiger partial charge in [-0.05, 0) is 36.1 Å². The van der Waals surface area contributed by atoms with E-state index in [4.69, 9.17) is 37.9 Å². The van der Waals surface area contributed by atoms with Crippen LogP contribution in [0, 0.1) is 0 Å². The number of nitrogens with one attached hydrogen (secondary N) is 2. The van der Waals surface area contributed by atoms with Crippen molar-refractivity contribution in [1.29, 1.82) is 0 Å². The summed E-state index contributed by atoms with van der Waals surface area (Å²) in [5.74, 6) is -0.483. The van der Waals surface area contributed by atoms with Gasteiger partial charge in [-0.1, -0.05) is 72.4 Å². The summed E-state index contributed by atoms with van der Waals surface area (Å²) in [5.41, 5.74) is 4.87. The minimum absolute atomic E-state index is 0.0333. The van der Waals surface area contributed by atoms with Gasteiger partial charge in [-0.15, -0.1) is 0 Å². The topological polar surface area (TPSA) is 135 Å². The normalized spacial score (nSPS) is 18.7. The SMILES string of the molecule is O=C(CCCCCCC(=O)Nc1ccc(C2OC(Cn3cnc(Cl)c3Cl)CC(c3ccc(CO)cc3)O2)cc1)NO. The van der Waals surface area contributed by atoms with Crippen molar-refractivity contribution in [3.05, 3.63) is 81.9 Å². The molecule has 12 heteroatoms. The number of anilines is 1. The average Bonchev–Trinajstić information content (AvgIpc) is 3.31. The number of amides is 2. The smallest absolute Gasteiger partial charge is 0.243 e. The van der Waals surface area contributed by atoms with Crippen LogP contribution in [0.3, 0.4) is 0 Å². The number of benzene rings is 2. The zero-order valence-corrected chi connectivity index (χ0v) is 24.0. The first kappa shape index (κ1) is 31.0. The van der Waals surface area contributed by atoms with E-state index in [0.29, 0.717) is 43.1 Å². The highest BCUT2D eigenvalue weighted by atomic mass is 35.5. The van der Waals surface area contributed by atoms with Gasteiger partial charge in [0.1, 0.15) is 5.15 Å². The Morgan fingerprint density at radius 1 is 0.927 bits per heavy atom. The molecule has 1 aliphatic heterocycles. The van der Waals surface area contributed by atoms with Gasteiger partial charge in [-0.3, -0.25) is 14.8 Å². The molecule has 10 nitrogen and oxygen atoms in total. The van der Waals surface area contributed by atoms with Gasteiger partial charge in [-0.2, -0.15) is 0 Å². The van der Waals surface area contributed by atoms with E-state index in [1.54, 1.807) is 16.4 Å². The highest BCUT2D eigenvalue weighted by molar-refractivity contribution is 6.40. The number of carbonyl (C=O) groups is 2. The number of hydroxylamine groups is 1. The molecule has 1 saturated heterocycles. The van der Waals surface area contributed by atoms with Crippen molar-refractivity contribution in [3.8, 4) is 0 Å². The fourth-order valence-electron chi connectivity index (χ4n) is 4.65. The number of aromatic nitrogens is 2. The van der Waals surface area contributed by atoms with Crippen LogP contribution in [0.25, 0.3) is 0 Å². The molecular weight excluding hydrogens is 571 g/mol. The first-order valence-corrected chi connectivity index (χ1v) is 14.3. The number of aliphatic hydroxyl groups is 1. The number of hydrogen-bond donors (Lipinski definition) is 4. The summed E-state index contributed by atoms with van der Waals surface area (Å²) in [5, 5.41) is 21.4. The molecular formula is C29H34Cl2N4O6. The molecule has 1 fully saturated rings. The largest absolute Gasteiger partial charge is 0.392 e. The van der Waals surface area contributed by atoms with E-state index in [1.807, 2.05) is 48.5 Å². The summed E-state index contributed by atoms with van der Waals surface area (Å²) >= 11 is 12.3. The fraction of sp³-hybridized carbons (Fsp3) is 0.414. The van der Waals surface area contributed by atoms with Gasteiger partial charge >= 0.3 is 0 Å². The Kier molecular flexibility index (Phi) is 11.6. The van der Waals surface area contributed by atoms with Crippen molar-refractivity contribution < 1.29 is 29.4 Å². The molecule has 3 unspecified atom stereocenters. The van der Waals surface area contributed by atoms with Crippen molar-refractivity contribution in [2.75, 3.05) is 5.32 Å². The lowest BCUT2D eigenvalue weighted by Crippen LogP contribution is -2.32. The molecule has 1 aromatic heterocycles. The maximum absolute atomic E-state index is 12.4. The number of ether oxygens (including phenoxy) is 2. The van der Waals surface area contributed by atoms with E-state index in [1.165, 1.54) is 0 Å². The van der Waals surface area contributed by atoms with Crippen molar-refractivity contribution in [2.24, 2.45) is 0 Å². The van der Waals surface area contributed by atoms with Gasteiger partial charge in [0.25, 0.3) is 0 Å². The molecule has 1 aliphatic rings. The molecule has 4 N–H and O–H groups in total. The molecule has 41 heavy (non-hydrogen) atoms. The highest BCUT2D eigenvalue weighted by Gasteiger charge is 2.33. The van der Waals surface area contributed by atoms with Crippen LogP contribution in [0.15, 0.2) is 54.9 Å². The van der Waals surface area contributed by atoms with Crippen LogP contribution in [0.5, 0.6) is 0 Å². The van der Waals surface area contributed by atoms with Crippen molar-refractivity contribution in [2.45, 2.75) is 76.6 Å². The molecule has 3 aromatic rings. The summed E-state index contributed by atoms with van der Waals surface area (Å²) < 4.78 is 14.4. The Morgan fingerprint density at radius 3 is 2.20 bits per heavy atom. The molecule has 0 spiro atoms. The first-order valence-electron chi connectivity index (χ1n) is 13.6. The van der Waals surface area contributed by atoms with Gasteiger partial charge in [-0.25, -0.2) is 10.5 Å².